The number of rotatable bonds is 4. The van der Waals surface area contributed by atoms with Gasteiger partial charge in [0.05, 0.1) is 5.92 Å². The van der Waals surface area contributed by atoms with Crippen LogP contribution in [0.1, 0.15) is 52.4 Å². The second-order valence-corrected chi connectivity index (χ2v) is 7.04. The van der Waals surface area contributed by atoms with Crippen LogP contribution in [-0.4, -0.2) is 17.7 Å². The molecule has 0 aromatic rings. The fraction of sp³-hybridized carbons (Fsp3) is 0.875. The van der Waals surface area contributed by atoms with Crippen molar-refractivity contribution in [3.8, 4) is 0 Å². The molecule has 4 aliphatic rings. The van der Waals surface area contributed by atoms with Gasteiger partial charge in [-0.15, -0.1) is 0 Å². The average molecular weight is 263 g/mol. The first-order chi connectivity index (χ1) is 9.08. The third kappa shape index (κ3) is 2.32. The Labute approximate surface area is 115 Å². The number of amides is 1. The summed E-state index contributed by atoms with van der Waals surface area (Å²) in [4.78, 5) is 23.8. The molecule has 0 aromatic heterocycles. The van der Waals surface area contributed by atoms with Gasteiger partial charge in [-0.05, 0) is 69.1 Å². The normalized spacial score (nSPS) is 41.1. The number of nitrogens with one attached hydrogen (secondary N) is 1. The van der Waals surface area contributed by atoms with Gasteiger partial charge in [0.1, 0.15) is 5.78 Å². The molecule has 0 aliphatic heterocycles. The highest BCUT2D eigenvalue weighted by Gasteiger charge is 2.48. The standard InChI is InChI=1S/C16H25NO2/c1-3-14(9(2)18)16(19)17-15-12-5-10-4-11(7-12)8-13(15)6-10/h10-15H,3-8H2,1-2H3,(H,17,19). The summed E-state index contributed by atoms with van der Waals surface area (Å²) in [7, 11) is 0. The fourth-order valence-electron chi connectivity index (χ4n) is 5.08. The van der Waals surface area contributed by atoms with E-state index in [1.54, 1.807) is 0 Å². The van der Waals surface area contributed by atoms with Crippen molar-refractivity contribution in [1.29, 1.82) is 0 Å². The molecule has 4 aliphatic carbocycles. The van der Waals surface area contributed by atoms with E-state index in [0.717, 1.165) is 11.8 Å². The van der Waals surface area contributed by atoms with Crippen molar-refractivity contribution in [2.24, 2.45) is 29.6 Å². The van der Waals surface area contributed by atoms with Gasteiger partial charge >= 0.3 is 0 Å². The molecule has 4 saturated carbocycles. The molecule has 0 spiro atoms. The number of ketones is 1. The number of carbonyl (C=O) groups excluding carboxylic acids is 2. The van der Waals surface area contributed by atoms with Crippen molar-refractivity contribution in [1.82, 2.24) is 5.32 Å². The second-order valence-electron chi connectivity index (χ2n) is 7.04. The summed E-state index contributed by atoms with van der Waals surface area (Å²) < 4.78 is 0. The molecule has 1 N–H and O–H groups in total. The van der Waals surface area contributed by atoms with E-state index >= 15 is 0 Å². The maximum atomic E-state index is 12.3. The quantitative estimate of drug-likeness (QED) is 0.792. The molecule has 19 heavy (non-hydrogen) atoms. The van der Waals surface area contributed by atoms with Crippen LogP contribution in [0.15, 0.2) is 0 Å². The minimum absolute atomic E-state index is 0.00353. The topological polar surface area (TPSA) is 46.2 Å². The lowest BCUT2D eigenvalue weighted by molar-refractivity contribution is -0.135. The molecule has 0 radical (unpaired) electrons. The van der Waals surface area contributed by atoms with Gasteiger partial charge in [0, 0.05) is 6.04 Å². The second kappa shape index (κ2) is 4.92. The number of Topliss-reactive ketones (excluding diaryl/α,β-unsaturated/α-hetero) is 1. The highest BCUT2D eigenvalue weighted by Crippen LogP contribution is 2.53. The molecular formula is C16H25NO2. The maximum absolute atomic E-state index is 12.3. The maximum Gasteiger partial charge on any atom is 0.230 e. The van der Waals surface area contributed by atoms with Crippen LogP contribution in [0.5, 0.6) is 0 Å². The third-order valence-corrected chi connectivity index (χ3v) is 5.75. The Hall–Kier alpha value is -0.860. The largest absolute Gasteiger partial charge is 0.352 e. The Balaban J connectivity index is 1.67. The van der Waals surface area contributed by atoms with Gasteiger partial charge in [-0.3, -0.25) is 9.59 Å². The zero-order chi connectivity index (χ0) is 13.6. The van der Waals surface area contributed by atoms with Crippen LogP contribution >= 0.6 is 0 Å². The summed E-state index contributed by atoms with van der Waals surface area (Å²) in [5.41, 5.74) is 0. The van der Waals surface area contributed by atoms with Crippen molar-refractivity contribution >= 4 is 11.7 Å². The van der Waals surface area contributed by atoms with Gasteiger partial charge in [0.15, 0.2) is 0 Å². The van der Waals surface area contributed by atoms with Crippen molar-refractivity contribution in [2.75, 3.05) is 0 Å². The Bertz CT molecular complexity index is 362. The summed E-state index contributed by atoms with van der Waals surface area (Å²) in [5.74, 6) is 2.76. The summed E-state index contributed by atoms with van der Waals surface area (Å²) in [5, 5.41) is 3.23. The van der Waals surface area contributed by atoms with Crippen LogP contribution in [0, 0.1) is 29.6 Å². The van der Waals surface area contributed by atoms with Gasteiger partial charge in [-0.2, -0.15) is 0 Å². The van der Waals surface area contributed by atoms with Crippen molar-refractivity contribution < 1.29 is 9.59 Å². The fourth-order valence-corrected chi connectivity index (χ4v) is 5.08. The van der Waals surface area contributed by atoms with E-state index in [2.05, 4.69) is 5.32 Å². The lowest BCUT2D eigenvalue weighted by atomic mass is 9.54. The first-order valence-corrected chi connectivity index (χ1v) is 7.89. The lowest BCUT2D eigenvalue weighted by Gasteiger charge is -2.54. The molecule has 4 rings (SSSR count). The Morgan fingerprint density at radius 1 is 1.05 bits per heavy atom. The molecule has 0 aromatic carbocycles. The first kappa shape index (κ1) is 13.1. The summed E-state index contributed by atoms with van der Waals surface area (Å²) in [6.45, 7) is 3.45. The minimum atomic E-state index is -0.433. The third-order valence-electron chi connectivity index (χ3n) is 5.75. The zero-order valence-electron chi connectivity index (χ0n) is 12.0. The van der Waals surface area contributed by atoms with Gasteiger partial charge in [-0.1, -0.05) is 6.92 Å². The van der Waals surface area contributed by atoms with Crippen LogP contribution in [-0.2, 0) is 9.59 Å². The number of hydrogen-bond donors (Lipinski definition) is 1. The van der Waals surface area contributed by atoms with Gasteiger partial charge in [0.25, 0.3) is 0 Å². The highest BCUT2D eigenvalue weighted by molar-refractivity contribution is 6.00. The van der Waals surface area contributed by atoms with Crippen LogP contribution < -0.4 is 5.32 Å². The van der Waals surface area contributed by atoms with E-state index in [0.29, 0.717) is 24.3 Å². The van der Waals surface area contributed by atoms with Crippen molar-refractivity contribution in [3.05, 3.63) is 0 Å². The molecule has 0 saturated heterocycles. The van der Waals surface area contributed by atoms with Crippen molar-refractivity contribution in [2.45, 2.75) is 58.4 Å². The molecule has 4 fully saturated rings. The molecule has 3 nitrogen and oxygen atoms in total. The van der Waals surface area contributed by atoms with E-state index in [4.69, 9.17) is 0 Å². The van der Waals surface area contributed by atoms with Gasteiger partial charge in [0.2, 0.25) is 5.91 Å². The summed E-state index contributed by atoms with van der Waals surface area (Å²) >= 11 is 0. The predicted octanol–water partition coefficient (Wildman–Crippen LogP) is 2.54. The Morgan fingerprint density at radius 2 is 1.58 bits per heavy atom. The average Bonchev–Trinajstić information content (AvgIpc) is 2.33. The minimum Gasteiger partial charge on any atom is -0.352 e. The number of carbonyl (C=O) groups is 2. The molecule has 3 heteroatoms. The molecule has 1 amide bonds. The van der Waals surface area contributed by atoms with E-state index in [1.807, 2.05) is 6.92 Å². The smallest absolute Gasteiger partial charge is 0.230 e. The monoisotopic (exact) mass is 263 g/mol. The Morgan fingerprint density at radius 3 is 2.00 bits per heavy atom. The van der Waals surface area contributed by atoms with Crippen LogP contribution in [0.4, 0.5) is 0 Å². The molecule has 1 atom stereocenters. The van der Waals surface area contributed by atoms with E-state index < -0.39 is 5.92 Å². The molecule has 0 heterocycles. The number of hydrogen-bond acceptors (Lipinski definition) is 2. The molecule has 4 bridgehead atoms. The van der Waals surface area contributed by atoms with Gasteiger partial charge in [-0.25, -0.2) is 0 Å². The van der Waals surface area contributed by atoms with Gasteiger partial charge < -0.3 is 5.32 Å². The molecular weight excluding hydrogens is 238 g/mol. The predicted molar refractivity (Wildman–Crippen MR) is 73.4 cm³/mol. The summed E-state index contributed by atoms with van der Waals surface area (Å²) in [6.07, 6.45) is 7.25. The zero-order valence-corrected chi connectivity index (χ0v) is 12.0. The molecule has 106 valence electrons. The molecule has 1 unspecified atom stereocenters. The highest BCUT2D eigenvalue weighted by atomic mass is 16.2. The van der Waals surface area contributed by atoms with Crippen molar-refractivity contribution in [3.63, 3.8) is 0 Å². The van der Waals surface area contributed by atoms with E-state index in [1.165, 1.54) is 39.0 Å². The van der Waals surface area contributed by atoms with E-state index in [-0.39, 0.29) is 11.7 Å². The van der Waals surface area contributed by atoms with Crippen LogP contribution in [0.25, 0.3) is 0 Å². The SMILES string of the molecule is CCC(C(C)=O)C(=O)NC1C2CC3CC(C2)CC1C3. The van der Waals surface area contributed by atoms with E-state index in [9.17, 15) is 9.59 Å². The van der Waals surface area contributed by atoms with Crippen LogP contribution in [0.3, 0.4) is 0 Å². The Kier molecular flexibility index (Phi) is 3.40. The lowest BCUT2D eigenvalue weighted by Crippen LogP contribution is -2.57. The van der Waals surface area contributed by atoms with Crippen LogP contribution in [0.2, 0.25) is 0 Å². The first-order valence-electron chi connectivity index (χ1n) is 7.89. The summed E-state index contributed by atoms with van der Waals surface area (Å²) in [6, 6.07) is 0.355.